The normalized spacial score (nSPS) is 22.4. The van der Waals surface area contributed by atoms with Crippen LogP contribution in [-0.2, 0) is 4.79 Å². The van der Waals surface area contributed by atoms with E-state index in [2.05, 4.69) is 5.32 Å². The summed E-state index contributed by atoms with van der Waals surface area (Å²) < 4.78 is 13.5. The molecule has 1 aliphatic carbocycles. The second-order valence-corrected chi connectivity index (χ2v) is 5.06. The van der Waals surface area contributed by atoms with Crippen molar-refractivity contribution in [1.29, 1.82) is 0 Å². The van der Waals surface area contributed by atoms with E-state index in [1.807, 2.05) is 12.1 Å². The number of amides is 1. The molecular formula is C14H19FN2O. The van der Waals surface area contributed by atoms with E-state index in [9.17, 15) is 9.18 Å². The number of halogens is 1. The summed E-state index contributed by atoms with van der Waals surface area (Å²) in [6, 6.07) is 7.27. The Balaban J connectivity index is 1.78. The third-order valence-electron chi connectivity index (χ3n) is 3.52. The number of hydrogen-bond donors (Lipinski definition) is 1. The van der Waals surface area contributed by atoms with Crippen molar-refractivity contribution in [2.24, 2.45) is 0 Å². The summed E-state index contributed by atoms with van der Waals surface area (Å²) in [5.41, 5.74) is 0.800. The Kier molecular flexibility index (Phi) is 3.97. The van der Waals surface area contributed by atoms with Crippen LogP contribution in [0.25, 0.3) is 0 Å². The first kappa shape index (κ1) is 13.0. The molecule has 0 heterocycles. The van der Waals surface area contributed by atoms with Gasteiger partial charge in [0.25, 0.3) is 0 Å². The van der Waals surface area contributed by atoms with Gasteiger partial charge in [-0.2, -0.15) is 0 Å². The standard InChI is InChI=1S/C14H19FN2O/c1-17(2)14(18)9-16-11-7-10(8-11)12-5-3-4-6-13(12)15/h3-6,10-11,16H,7-9H2,1-2H3. The Bertz CT molecular complexity index is 428. The predicted molar refractivity (Wildman–Crippen MR) is 68.9 cm³/mol. The Morgan fingerprint density at radius 2 is 2.06 bits per heavy atom. The lowest BCUT2D eigenvalue weighted by Crippen LogP contribution is -2.44. The smallest absolute Gasteiger partial charge is 0.236 e. The largest absolute Gasteiger partial charge is 0.348 e. The number of hydrogen-bond acceptors (Lipinski definition) is 2. The molecule has 0 aliphatic heterocycles. The Hall–Kier alpha value is -1.42. The molecule has 1 saturated carbocycles. The molecule has 0 spiro atoms. The molecule has 0 atom stereocenters. The van der Waals surface area contributed by atoms with Gasteiger partial charge >= 0.3 is 0 Å². The Labute approximate surface area is 107 Å². The van der Waals surface area contributed by atoms with Gasteiger partial charge in [-0.25, -0.2) is 4.39 Å². The quantitative estimate of drug-likeness (QED) is 0.883. The first-order valence-corrected chi connectivity index (χ1v) is 6.26. The molecule has 0 bridgehead atoms. The topological polar surface area (TPSA) is 32.3 Å². The summed E-state index contributed by atoms with van der Waals surface area (Å²) in [5.74, 6) is 0.243. The van der Waals surface area contributed by atoms with Crippen LogP contribution in [0.3, 0.4) is 0 Å². The van der Waals surface area contributed by atoms with Crippen molar-refractivity contribution in [2.45, 2.75) is 24.8 Å². The summed E-state index contributed by atoms with van der Waals surface area (Å²) in [6.45, 7) is 0.363. The van der Waals surface area contributed by atoms with Gasteiger partial charge in [0.2, 0.25) is 5.91 Å². The van der Waals surface area contributed by atoms with Crippen molar-refractivity contribution < 1.29 is 9.18 Å². The van der Waals surface area contributed by atoms with Crippen LogP contribution in [-0.4, -0.2) is 37.5 Å². The molecule has 0 radical (unpaired) electrons. The summed E-state index contributed by atoms with van der Waals surface area (Å²) in [6.07, 6.45) is 1.81. The van der Waals surface area contributed by atoms with Gasteiger partial charge in [-0.05, 0) is 30.4 Å². The molecule has 1 fully saturated rings. The van der Waals surface area contributed by atoms with Crippen LogP contribution in [0.2, 0.25) is 0 Å². The number of nitrogens with one attached hydrogen (secondary N) is 1. The van der Waals surface area contributed by atoms with E-state index in [0.29, 0.717) is 12.6 Å². The average Bonchev–Trinajstić information content (AvgIpc) is 2.28. The molecule has 3 nitrogen and oxygen atoms in total. The summed E-state index contributed by atoms with van der Waals surface area (Å²) >= 11 is 0. The van der Waals surface area contributed by atoms with Crippen molar-refractivity contribution in [3.05, 3.63) is 35.6 Å². The lowest BCUT2D eigenvalue weighted by Gasteiger charge is -2.36. The second-order valence-electron chi connectivity index (χ2n) is 5.06. The van der Waals surface area contributed by atoms with Crippen LogP contribution in [0, 0.1) is 5.82 Å². The van der Waals surface area contributed by atoms with Crippen molar-refractivity contribution in [3.63, 3.8) is 0 Å². The second kappa shape index (κ2) is 5.48. The van der Waals surface area contributed by atoms with Crippen LogP contribution in [0.5, 0.6) is 0 Å². The zero-order chi connectivity index (χ0) is 13.1. The fourth-order valence-electron chi connectivity index (χ4n) is 2.23. The number of likely N-dealkylation sites (N-methyl/N-ethyl adjacent to an activating group) is 1. The maximum atomic E-state index is 13.5. The third-order valence-corrected chi connectivity index (χ3v) is 3.52. The monoisotopic (exact) mass is 250 g/mol. The van der Waals surface area contributed by atoms with E-state index in [0.717, 1.165) is 18.4 Å². The van der Waals surface area contributed by atoms with Gasteiger partial charge in [-0.3, -0.25) is 4.79 Å². The number of carbonyl (C=O) groups excluding carboxylic acids is 1. The molecule has 1 aromatic carbocycles. The number of rotatable bonds is 4. The molecule has 0 aromatic heterocycles. The van der Waals surface area contributed by atoms with E-state index in [1.54, 1.807) is 25.1 Å². The van der Waals surface area contributed by atoms with Crippen molar-refractivity contribution in [2.75, 3.05) is 20.6 Å². The van der Waals surface area contributed by atoms with E-state index in [-0.39, 0.29) is 17.6 Å². The molecule has 4 heteroatoms. The van der Waals surface area contributed by atoms with Crippen LogP contribution in [0.4, 0.5) is 4.39 Å². The first-order chi connectivity index (χ1) is 8.58. The van der Waals surface area contributed by atoms with Crippen molar-refractivity contribution in [3.8, 4) is 0 Å². The van der Waals surface area contributed by atoms with Crippen LogP contribution >= 0.6 is 0 Å². The van der Waals surface area contributed by atoms with Crippen LogP contribution in [0.15, 0.2) is 24.3 Å². The third kappa shape index (κ3) is 2.88. The highest BCUT2D eigenvalue weighted by Crippen LogP contribution is 2.37. The molecular weight excluding hydrogens is 231 g/mol. The van der Waals surface area contributed by atoms with E-state index in [4.69, 9.17) is 0 Å². The first-order valence-electron chi connectivity index (χ1n) is 6.26. The predicted octanol–water partition coefficient (Wildman–Crippen LogP) is 1.75. The zero-order valence-corrected chi connectivity index (χ0v) is 10.8. The minimum atomic E-state index is -0.120. The van der Waals surface area contributed by atoms with Gasteiger partial charge in [0.15, 0.2) is 0 Å². The highest BCUT2D eigenvalue weighted by atomic mass is 19.1. The Morgan fingerprint density at radius 1 is 1.39 bits per heavy atom. The highest BCUT2D eigenvalue weighted by Gasteiger charge is 2.31. The number of benzene rings is 1. The number of nitrogens with zero attached hydrogens (tertiary/aromatic N) is 1. The van der Waals surface area contributed by atoms with Gasteiger partial charge in [-0.1, -0.05) is 18.2 Å². The maximum absolute atomic E-state index is 13.5. The Morgan fingerprint density at radius 3 is 2.67 bits per heavy atom. The van der Waals surface area contributed by atoms with E-state index in [1.165, 1.54) is 6.07 Å². The molecule has 0 unspecified atom stereocenters. The van der Waals surface area contributed by atoms with Crippen LogP contribution in [0.1, 0.15) is 24.3 Å². The fourth-order valence-corrected chi connectivity index (χ4v) is 2.23. The van der Waals surface area contributed by atoms with Crippen LogP contribution < -0.4 is 5.32 Å². The fraction of sp³-hybridized carbons (Fsp3) is 0.500. The molecule has 18 heavy (non-hydrogen) atoms. The van der Waals surface area contributed by atoms with Crippen molar-refractivity contribution >= 4 is 5.91 Å². The minimum absolute atomic E-state index is 0.0735. The van der Waals surface area contributed by atoms with E-state index >= 15 is 0 Å². The molecule has 98 valence electrons. The molecule has 1 N–H and O–H groups in total. The highest BCUT2D eigenvalue weighted by molar-refractivity contribution is 5.77. The summed E-state index contributed by atoms with van der Waals surface area (Å²) in [4.78, 5) is 13.0. The van der Waals surface area contributed by atoms with Crippen molar-refractivity contribution in [1.82, 2.24) is 10.2 Å². The average molecular weight is 250 g/mol. The zero-order valence-electron chi connectivity index (χ0n) is 10.8. The lowest BCUT2D eigenvalue weighted by atomic mass is 9.75. The van der Waals surface area contributed by atoms with Gasteiger partial charge in [0.05, 0.1) is 6.54 Å². The van der Waals surface area contributed by atoms with Gasteiger partial charge in [-0.15, -0.1) is 0 Å². The maximum Gasteiger partial charge on any atom is 0.236 e. The van der Waals surface area contributed by atoms with Gasteiger partial charge in [0, 0.05) is 20.1 Å². The lowest BCUT2D eigenvalue weighted by molar-refractivity contribution is -0.128. The van der Waals surface area contributed by atoms with Gasteiger partial charge in [0.1, 0.15) is 5.82 Å². The molecule has 1 aromatic rings. The molecule has 1 aliphatic rings. The summed E-state index contributed by atoms with van der Waals surface area (Å²) in [5, 5.41) is 3.21. The van der Waals surface area contributed by atoms with E-state index < -0.39 is 0 Å². The minimum Gasteiger partial charge on any atom is -0.348 e. The molecule has 0 saturated heterocycles. The molecule has 1 amide bonds. The number of carbonyl (C=O) groups is 1. The molecule has 2 rings (SSSR count). The SMILES string of the molecule is CN(C)C(=O)CNC1CC(c2ccccc2F)C1. The van der Waals surface area contributed by atoms with Gasteiger partial charge < -0.3 is 10.2 Å². The summed E-state index contributed by atoms with van der Waals surface area (Å²) in [7, 11) is 3.49.